The number of rotatable bonds is 4. The van der Waals surface area contributed by atoms with Gasteiger partial charge in [0.05, 0.1) is 11.0 Å². The van der Waals surface area contributed by atoms with Crippen molar-refractivity contribution in [1.82, 2.24) is 14.9 Å². The standard InChI is InChI=1S/C25H24ClN3O/c26-16-8-9-22-18(14-16)20-15-19-17-6-2-3-7-21(17)27-23(19)25(24(20)28-22)30-13-12-29-10-4-1-5-11-29/h2-3,6-9,14-15,27-28H,1,4-5,10-13H2. The number of ether oxygens (including phenoxy) is 1. The van der Waals surface area contributed by atoms with E-state index in [-0.39, 0.29) is 0 Å². The number of fused-ring (bicyclic) bond motifs is 6. The number of H-pyrrole nitrogens is 2. The number of piperidine rings is 1. The Bertz CT molecular complexity index is 1380. The van der Waals surface area contributed by atoms with Crippen LogP contribution >= 0.6 is 11.6 Å². The van der Waals surface area contributed by atoms with Crippen LogP contribution in [0.25, 0.3) is 43.6 Å². The van der Waals surface area contributed by atoms with Crippen LogP contribution in [0, 0.1) is 0 Å². The lowest BCUT2D eigenvalue weighted by Gasteiger charge is -2.26. The number of aromatic amines is 2. The zero-order chi connectivity index (χ0) is 20.1. The van der Waals surface area contributed by atoms with E-state index in [0.717, 1.165) is 50.2 Å². The van der Waals surface area contributed by atoms with Crippen LogP contribution in [-0.4, -0.2) is 41.1 Å². The quantitative estimate of drug-likeness (QED) is 0.351. The van der Waals surface area contributed by atoms with Crippen molar-refractivity contribution in [3.8, 4) is 5.75 Å². The molecule has 0 spiro atoms. The minimum Gasteiger partial charge on any atom is -0.488 e. The first kappa shape index (κ1) is 18.1. The average Bonchev–Trinajstić information content (AvgIpc) is 3.32. The molecule has 3 heterocycles. The molecule has 2 N–H and O–H groups in total. The Balaban J connectivity index is 1.52. The van der Waals surface area contributed by atoms with E-state index in [1.54, 1.807) is 0 Å². The van der Waals surface area contributed by atoms with Crippen LogP contribution in [-0.2, 0) is 0 Å². The molecule has 1 fully saturated rings. The molecule has 1 aliphatic heterocycles. The van der Waals surface area contributed by atoms with Gasteiger partial charge < -0.3 is 14.7 Å². The van der Waals surface area contributed by atoms with Gasteiger partial charge in [0.25, 0.3) is 0 Å². The zero-order valence-electron chi connectivity index (χ0n) is 16.8. The lowest BCUT2D eigenvalue weighted by molar-refractivity contribution is 0.185. The molecular weight excluding hydrogens is 394 g/mol. The van der Waals surface area contributed by atoms with E-state index in [1.807, 2.05) is 18.2 Å². The summed E-state index contributed by atoms with van der Waals surface area (Å²) in [5, 5.41) is 5.43. The Hall–Kier alpha value is -2.69. The molecule has 5 heteroatoms. The SMILES string of the molecule is Clc1ccc2[nH]c3c(OCCN4CCCCC4)c4[nH]c5ccccc5c4cc3c2c1. The fraction of sp³-hybridized carbons (Fsp3) is 0.280. The predicted octanol–water partition coefficient (Wildman–Crippen LogP) is 6.47. The highest BCUT2D eigenvalue weighted by molar-refractivity contribution is 6.32. The summed E-state index contributed by atoms with van der Waals surface area (Å²) < 4.78 is 6.49. The summed E-state index contributed by atoms with van der Waals surface area (Å²) in [6.07, 6.45) is 3.94. The summed E-state index contributed by atoms with van der Waals surface area (Å²) in [5.74, 6) is 0.906. The molecule has 2 aromatic heterocycles. The fourth-order valence-corrected chi connectivity index (χ4v) is 5.05. The van der Waals surface area contributed by atoms with Crippen molar-refractivity contribution in [1.29, 1.82) is 0 Å². The number of nitrogens with one attached hydrogen (secondary N) is 2. The number of halogens is 1. The molecule has 6 rings (SSSR count). The molecular formula is C25H24ClN3O. The first-order valence-corrected chi connectivity index (χ1v) is 11.2. The van der Waals surface area contributed by atoms with Crippen molar-refractivity contribution in [3.63, 3.8) is 0 Å². The largest absolute Gasteiger partial charge is 0.488 e. The minimum absolute atomic E-state index is 0.680. The van der Waals surface area contributed by atoms with Crippen LogP contribution in [0.4, 0.5) is 0 Å². The molecule has 4 nitrogen and oxygen atoms in total. The maximum absolute atomic E-state index is 6.49. The molecule has 3 aromatic carbocycles. The van der Waals surface area contributed by atoms with Gasteiger partial charge in [-0.05, 0) is 56.3 Å². The summed E-state index contributed by atoms with van der Waals surface area (Å²) in [6.45, 7) is 4.00. The van der Waals surface area contributed by atoms with E-state index >= 15 is 0 Å². The third kappa shape index (κ3) is 2.94. The monoisotopic (exact) mass is 417 g/mol. The number of benzene rings is 3. The maximum atomic E-state index is 6.49. The van der Waals surface area contributed by atoms with Crippen LogP contribution in [0.2, 0.25) is 5.02 Å². The number of hydrogen-bond donors (Lipinski definition) is 2. The van der Waals surface area contributed by atoms with Crippen LogP contribution in [0.3, 0.4) is 0 Å². The van der Waals surface area contributed by atoms with Crippen LogP contribution in [0.15, 0.2) is 48.5 Å². The number of nitrogens with zero attached hydrogens (tertiary/aromatic N) is 1. The summed E-state index contributed by atoms with van der Waals surface area (Å²) in [5.41, 5.74) is 4.29. The third-order valence-corrected chi connectivity index (χ3v) is 6.63. The number of para-hydroxylation sites is 1. The molecule has 0 unspecified atom stereocenters. The van der Waals surface area contributed by atoms with E-state index in [1.165, 1.54) is 43.1 Å². The second-order valence-electron chi connectivity index (χ2n) is 8.29. The van der Waals surface area contributed by atoms with Crippen LogP contribution < -0.4 is 4.74 Å². The van der Waals surface area contributed by atoms with Gasteiger partial charge in [-0.2, -0.15) is 0 Å². The molecule has 0 saturated carbocycles. The fourth-order valence-electron chi connectivity index (χ4n) is 4.88. The van der Waals surface area contributed by atoms with Gasteiger partial charge in [0.15, 0.2) is 5.75 Å². The molecule has 5 aromatic rings. The summed E-state index contributed by atoms with van der Waals surface area (Å²) >= 11 is 6.32. The van der Waals surface area contributed by atoms with Crippen molar-refractivity contribution in [2.75, 3.05) is 26.2 Å². The number of likely N-dealkylation sites (tertiary alicyclic amines) is 1. The van der Waals surface area contributed by atoms with Crippen LogP contribution in [0.5, 0.6) is 5.75 Å². The van der Waals surface area contributed by atoms with E-state index in [0.29, 0.717) is 6.61 Å². The third-order valence-electron chi connectivity index (χ3n) is 6.39. The highest BCUT2D eigenvalue weighted by atomic mass is 35.5. The van der Waals surface area contributed by atoms with Crippen molar-refractivity contribution >= 4 is 55.2 Å². The van der Waals surface area contributed by atoms with Crippen molar-refractivity contribution in [2.45, 2.75) is 19.3 Å². The Morgan fingerprint density at radius 3 is 2.37 bits per heavy atom. The first-order chi connectivity index (χ1) is 14.8. The minimum atomic E-state index is 0.680. The first-order valence-electron chi connectivity index (χ1n) is 10.8. The second-order valence-corrected chi connectivity index (χ2v) is 8.72. The Labute approximate surface area is 179 Å². The Kier molecular flexibility index (Phi) is 4.36. The number of aromatic nitrogens is 2. The molecule has 0 atom stereocenters. The summed E-state index contributed by atoms with van der Waals surface area (Å²) in [6, 6.07) is 16.7. The van der Waals surface area contributed by atoms with Gasteiger partial charge in [-0.15, -0.1) is 0 Å². The topological polar surface area (TPSA) is 44.0 Å². The predicted molar refractivity (Wildman–Crippen MR) is 126 cm³/mol. The van der Waals surface area contributed by atoms with Crippen LogP contribution in [0.1, 0.15) is 19.3 Å². The summed E-state index contributed by atoms with van der Waals surface area (Å²) in [7, 11) is 0. The maximum Gasteiger partial charge on any atom is 0.167 e. The Morgan fingerprint density at radius 1 is 0.800 bits per heavy atom. The molecule has 1 aliphatic rings. The molecule has 152 valence electrons. The molecule has 0 radical (unpaired) electrons. The second kappa shape index (κ2) is 7.22. The smallest absolute Gasteiger partial charge is 0.167 e. The molecule has 1 saturated heterocycles. The molecule has 0 aliphatic carbocycles. The van der Waals surface area contributed by atoms with Gasteiger partial charge >= 0.3 is 0 Å². The highest BCUT2D eigenvalue weighted by Gasteiger charge is 2.18. The van der Waals surface area contributed by atoms with E-state index < -0.39 is 0 Å². The normalized spacial score (nSPS) is 15.6. The van der Waals surface area contributed by atoms with Gasteiger partial charge in [-0.25, -0.2) is 0 Å². The lowest BCUT2D eigenvalue weighted by atomic mass is 10.1. The van der Waals surface area contributed by atoms with E-state index in [9.17, 15) is 0 Å². The van der Waals surface area contributed by atoms with Crippen molar-refractivity contribution in [3.05, 3.63) is 53.6 Å². The van der Waals surface area contributed by atoms with Gasteiger partial charge in [0, 0.05) is 44.1 Å². The van der Waals surface area contributed by atoms with Gasteiger partial charge in [-0.1, -0.05) is 36.2 Å². The van der Waals surface area contributed by atoms with Gasteiger partial charge in [-0.3, -0.25) is 4.90 Å². The van der Waals surface area contributed by atoms with E-state index in [2.05, 4.69) is 45.2 Å². The molecule has 30 heavy (non-hydrogen) atoms. The zero-order valence-corrected chi connectivity index (χ0v) is 17.6. The highest BCUT2D eigenvalue weighted by Crippen LogP contribution is 2.41. The summed E-state index contributed by atoms with van der Waals surface area (Å²) in [4.78, 5) is 9.69. The Morgan fingerprint density at radius 2 is 1.53 bits per heavy atom. The van der Waals surface area contributed by atoms with Crippen molar-refractivity contribution in [2.24, 2.45) is 0 Å². The van der Waals surface area contributed by atoms with Gasteiger partial charge in [0.2, 0.25) is 0 Å². The number of hydrogen-bond acceptors (Lipinski definition) is 2. The van der Waals surface area contributed by atoms with E-state index in [4.69, 9.17) is 16.3 Å². The molecule has 0 amide bonds. The lowest BCUT2D eigenvalue weighted by Crippen LogP contribution is -2.33. The van der Waals surface area contributed by atoms with Crippen molar-refractivity contribution < 1.29 is 4.74 Å². The molecule has 0 bridgehead atoms. The van der Waals surface area contributed by atoms with Gasteiger partial charge in [0.1, 0.15) is 6.61 Å². The average molecular weight is 418 g/mol.